The van der Waals surface area contributed by atoms with Crippen molar-refractivity contribution >= 4 is 23.2 Å². The summed E-state index contributed by atoms with van der Waals surface area (Å²) in [7, 11) is 0. The van der Waals surface area contributed by atoms with Gasteiger partial charge in [-0.05, 0) is 38.1 Å². The van der Waals surface area contributed by atoms with Crippen LogP contribution in [0.2, 0.25) is 0 Å². The standard InChI is InChI=1S/C19H21N3O3/c1-13(21-9-4-7-17-14(11-21)8-10-25-17)19(24)22-12-18(23)20-15-5-2-3-6-16(15)22/h2-3,5-6,8,10,13H,4,7,9,11-12H2,1H3,(H,20,23). The number of hydrogen-bond acceptors (Lipinski definition) is 4. The Morgan fingerprint density at radius 3 is 2.96 bits per heavy atom. The Balaban J connectivity index is 1.57. The monoisotopic (exact) mass is 339 g/mol. The molecule has 1 atom stereocenters. The summed E-state index contributed by atoms with van der Waals surface area (Å²) in [5, 5.41) is 2.82. The topological polar surface area (TPSA) is 65.8 Å². The van der Waals surface area contributed by atoms with Gasteiger partial charge in [0.25, 0.3) is 0 Å². The lowest BCUT2D eigenvalue weighted by molar-refractivity contribution is -0.125. The Hall–Kier alpha value is -2.60. The van der Waals surface area contributed by atoms with Crippen molar-refractivity contribution in [1.82, 2.24) is 4.90 Å². The van der Waals surface area contributed by atoms with Crippen LogP contribution in [0.4, 0.5) is 11.4 Å². The number of hydrogen-bond donors (Lipinski definition) is 1. The highest BCUT2D eigenvalue weighted by Gasteiger charge is 2.33. The van der Waals surface area contributed by atoms with Gasteiger partial charge in [0.1, 0.15) is 12.3 Å². The van der Waals surface area contributed by atoms with Crippen molar-refractivity contribution in [3.63, 3.8) is 0 Å². The summed E-state index contributed by atoms with van der Waals surface area (Å²) in [6.45, 7) is 3.51. The fourth-order valence-corrected chi connectivity index (χ4v) is 3.61. The summed E-state index contributed by atoms with van der Waals surface area (Å²) in [6, 6.07) is 9.10. The fourth-order valence-electron chi connectivity index (χ4n) is 3.61. The van der Waals surface area contributed by atoms with Gasteiger partial charge in [0.2, 0.25) is 11.8 Å². The van der Waals surface area contributed by atoms with Gasteiger partial charge in [-0.2, -0.15) is 0 Å². The first-order valence-electron chi connectivity index (χ1n) is 8.63. The molecule has 6 nitrogen and oxygen atoms in total. The minimum Gasteiger partial charge on any atom is -0.469 e. The minimum absolute atomic E-state index is 0.0470. The number of carbonyl (C=O) groups is 2. The third kappa shape index (κ3) is 2.93. The molecule has 25 heavy (non-hydrogen) atoms. The van der Waals surface area contributed by atoms with Gasteiger partial charge in [0, 0.05) is 18.5 Å². The zero-order valence-electron chi connectivity index (χ0n) is 14.2. The lowest BCUT2D eigenvalue weighted by Gasteiger charge is -2.34. The van der Waals surface area contributed by atoms with Gasteiger partial charge < -0.3 is 9.73 Å². The molecule has 130 valence electrons. The predicted molar refractivity (Wildman–Crippen MR) is 94.3 cm³/mol. The summed E-state index contributed by atoms with van der Waals surface area (Å²) in [4.78, 5) is 28.9. The van der Waals surface area contributed by atoms with Crippen molar-refractivity contribution in [2.45, 2.75) is 32.4 Å². The van der Waals surface area contributed by atoms with Gasteiger partial charge in [-0.15, -0.1) is 0 Å². The highest BCUT2D eigenvalue weighted by Crippen LogP contribution is 2.30. The molecule has 0 saturated heterocycles. The number of amides is 2. The van der Waals surface area contributed by atoms with Crippen molar-refractivity contribution in [3.05, 3.63) is 47.9 Å². The smallest absolute Gasteiger partial charge is 0.244 e. The van der Waals surface area contributed by atoms with E-state index in [2.05, 4.69) is 10.2 Å². The van der Waals surface area contributed by atoms with Crippen LogP contribution in [-0.4, -0.2) is 35.8 Å². The number of carbonyl (C=O) groups excluding carboxylic acids is 2. The number of anilines is 2. The number of benzene rings is 1. The number of para-hydroxylation sites is 2. The van der Waals surface area contributed by atoms with Crippen molar-refractivity contribution in [1.29, 1.82) is 0 Å². The summed E-state index contributed by atoms with van der Waals surface area (Å²) in [5.41, 5.74) is 2.60. The number of nitrogens with zero attached hydrogens (tertiary/aromatic N) is 2. The highest BCUT2D eigenvalue weighted by atomic mass is 16.3. The molecule has 1 unspecified atom stereocenters. The van der Waals surface area contributed by atoms with E-state index in [0.717, 1.165) is 36.4 Å². The van der Waals surface area contributed by atoms with Crippen LogP contribution in [0, 0.1) is 0 Å². The number of aryl methyl sites for hydroxylation is 1. The number of rotatable bonds is 2. The molecule has 2 aliphatic heterocycles. The van der Waals surface area contributed by atoms with Crippen LogP contribution in [0.5, 0.6) is 0 Å². The first-order chi connectivity index (χ1) is 12.1. The predicted octanol–water partition coefficient (Wildman–Crippen LogP) is 2.40. The molecular weight excluding hydrogens is 318 g/mol. The first kappa shape index (κ1) is 15.9. The van der Waals surface area contributed by atoms with Crippen molar-refractivity contribution in [2.24, 2.45) is 0 Å². The highest BCUT2D eigenvalue weighted by molar-refractivity contribution is 6.11. The lowest BCUT2D eigenvalue weighted by Crippen LogP contribution is -2.51. The average Bonchev–Trinajstić information content (AvgIpc) is 2.96. The number of nitrogens with one attached hydrogen (secondary N) is 1. The molecule has 1 aromatic heterocycles. The first-order valence-corrected chi connectivity index (χ1v) is 8.63. The quantitative estimate of drug-likeness (QED) is 0.912. The van der Waals surface area contributed by atoms with Crippen molar-refractivity contribution in [3.8, 4) is 0 Å². The zero-order valence-corrected chi connectivity index (χ0v) is 14.2. The average molecular weight is 339 g/mol. The Bertz CT molecular complexity index is 814. The summed E-state index contributed by atoms with van der Waals surface area (Å²) >= 11 is 0. The van der Waals surface area contributed by atoms with E-state index in [9.17, 15) is 9.59 Å². The molecule has 2 aliphatic rings. The van der Waals surface area contributed by atoms with E-state index in [4.69, 9.17) is 4.42 Å². The molecule has 2 amide bonds. The van der Waals surface area contributed by atoms with E-state index in [-0.39, 0.29) is 24.4 Å². The SMILES string of the molecule is CC(C(=O)N1CC(=O)Nc2ccccc21)N1CCCc2occc2C1. The number of furan rings is 1. The maximum Gasteiger partial charge on any atom is 0.244 e. The molecule has 3 heterocycles. The summed E-state index contributed by atoms with van der Waals surface area (Å²) in [6.07, 6.45) is 3.57. The molecule has 2 aromatic rings. The summed E-state index contributed by atoms with van der Waals surface area (Å²) < 4.78 is 5.53. The molecule has 0 saturated carbocycles. The normalized spacial score (nSPS) is 18.8. The van der Waals surface area contributed by atoms with Gasteiger partial charge in [0.05, 0.1) is 23.7 Å². The van der Waals surface area contributed by atoms with Crippen LogP contribution in [0.3, 0.4) is 0 Å². The van der Waals surface area contributed by atoms with Gasteiger partial charge in [0.15, 0.2) is 0 Å². The van der Waals surface area contributed by atoms with E-state index in [1.54, 1.807) is 11.2 Å². The molecule has 0 spiro atoms. The molecule has 0 fully saturated rings. The van der Waals surface area contributed by atoms with Crippen LogP contribution in [0.25, 0.3) is 0 Å². The third-order valence-corrected chi connectivity index (χ3v) is 5.00. The molecular formula is C19H21N3O3. The van der Waals surface area contributed by atoms with E-state index >= 15 is 0 Å². The maximum atomic E-state index is 13.1. The largest absolute Gasteiger partial charge is 0.469 e. The second-order valence-corrected chi connectivity index (χ2v) is 6.61. The molecule has 4 rings (SSSR count). The van der Waals surface area contributed by atoms with E-state index in [1.165, 1.54) is 0 Å². The lowest BCUT2D eigenvalue weighted by atomic mass is 10.1. The van der Waals surface area contributed by atoms with Crippen LogP contribution >= 0.6 is 0 Å². The van der Waals surface area contributed by atoms with Gasteiger partial charge >= 0.3 is 0 Å². The van der Waals surface area contributed by atoms with E-state index in [1.807, 2.05) is 37.3 Å². The van der Waals surface area contributed by atoms with Crippen molar-refractivity contribution in [2.75, 3.05) is 23.3 Å². The molecule has 0 aliphatic carbocycles. The van der Waals surface area contributed by atoms with Crippen LogP contribution in [0.15, 0.2) is 41.0 Å². The fraction of sp³-hybridized carbons (Fsp3) is 0.368. The zero-order chi connectivity index (χ0) is 17.4. The van der Waals surface area contributed by atoms with E-state index in [0.29, 0.717) is 12.2 Å². The molecule has 0 bridgehead atoms. The van der Waals surface area contributed by atoms with Gasteiger partial charge in [-0.1, -0.05) is 12.1 Å². The Kier molecular flexibility index (Phi) is 4.05. The van der Waals surface area contributed by atoms with Crippen molar-refractivity contribution < 1.29 is 14.0 Å². The molecule has 1 aromatic carbocycles. The second-order valence-electron chi connectivity index (χ2n) is 6.61. The Labute approximate surface area is 146 Å². The number of fused-ring (bicyclic) bond motifs is 2. The maximum absolute atomic E-state index is 13.1. The third-order valence-electron chi connectivity index (χ3n) is 5.00. The molecule has 6 heteroatoms. The van der Waals surface area contributed by atoms with Crippen LogP contribution in [-0.2, 0) is 22.6 Å². The van der Waals surface area contributed by atoms with Gasteiger partial charge in [-0.3, -0.25) is 19.4 Å². The second kappa shape index (κ2) is 6.37. The molecule has 0 radical (unpaired) electrons. The van der Waals surface area contributed by atoms with Crippen LogP contribution < -0.4 is 10.2 Å². The van der Waals surface area contributed by atoms with Gasteiger partial charge in [-0.25, -0.2) is 0 Å². The molecule has 1 N–H and O–H groups in total. The Morgan fingerprint density at radius 1 is 1.24 bits per heavy atom. The minimum atomic E-state index is -0.306. The van der Waals surface area contributed by atoms with Crippen LogP contribution in [0.1, 0.15) is 24.7 Å². The van der Waals surface area contributed by atoms with E-state index < -0.39 is 0 Å². The summed E-state index contributed by atoms with van der Waals surface area (Å²) in [5.74, 6) is 0.811. The Morgan fingerprint density at radius 2 is 2.08 bits per heavy atom.